The lowest BCUT2D eigenvalue weighted by molar-refractivity contribution is -0.147. The molecule has 19 heavy (non-hydrogen) atoms. The first-order valence-electron chi connectivity index (χ1n) is 6.68. The first-order valence-corrected chi connectivity index (χ1v) is 6.68. The second kappa shape index (κ2) is 4.96. The van der Waals surface area contributed by atoms with E-state index in [1.807, 2.05) is 11.9 Å². The van der Waals surface area contributed by atoms with Gasteiger partial charge in [-0.3, -0.25) is 9.69 Å². The summed E-state index contributed by atoms with van der Waals surface area (Å²) in [6.45, 7) is 6.74. The molecule has 4 unspecified atom stereocenters. The Labute approximate surface area is 114 Å². The van der Waals surface area contributed by atoms with Crippen LogP contribution in [0.3, 0.4) is 0 Å². The lowest BCUT2D eigenvalue weighted by Gasteiger charge is -2.22. The number of ether oxygens (including phenoxy) is 1. The highest BCUT2D eigenvalue weighted by atomic mass is 16.5. The normalized spacial score (nSPS) is 37.7. The molecule has 1 saturated carbocycles. The molecule has 0 aromatic heterocycles. The molecule has 1 saturated heterocycles. The lowest BCUT2D eigenvalue weighted by atomic mass is 10.1. The largest absolute Gasteiger partial charge is 0.467 e. The van der Waals surface area contributed by atoms with Crippen molar-refractivity contribution in [3.63, 3.8) is 0 Å². The number of likely N-dealkylation sites (N-methyl/N-ethyl adjacent to an activating group) is 1. The Morgan fingerprint density at radius 3 is 2.63 bits per heavy atom. The second-order valence-corrected chi connectivity index (χ2v) is 5.79. The minimum atomic E-state index is -0.875. The highest BCUT2D eigenvalue weighted by Gasteiger charge is 2.61. The van der Waals surface area contributed by atoms with E-state index < -0.39 is 5.54 Å². The molecule has 1 N–H and O–H groups in total. The van der Waals surface area contributed by atoms with Crippen LogP contribution >= 0.6 is 0 Å². The van der Waals surface area contributed by atoms with Crippen LogP contribution in [-0.2, 0) is 14.3 Å². The topological polar surface area (TPSA) is 58.6 Å². The van der Waals surface area contributed by atoms with Gasteiger partial charge in [0.2, 0.25) is 5.91 Å². The molecule has 5 heteroatoms. The average molecular weight is 266 g/mol. The Morgan fingerprint density at radius 1 is 1.53 bits per heavy atom. The third-order valence-corrected chi connectivity index (χ3v) is 4.26. The van der Waals surface area contributed by atoms with Gasteiger partial charge in [0, 0.05) is 12.5 Å². The number of methoxy groups -OCH3 is 1. The number of nitrogens with one attached hydrogen (secondary N) is 1. The van der Waals surface area contributed by atoms with Crippen LogP contribution in [0.1, 0.15) is 19.8 Å². The number of carbonyl (C=O) groups is 2. The molecular formula is C14H22N2O3. The predicted molar refractivity (Wildman–Crippen MR) is 71.4 cm³/mol. The minimum absolute atomic E-state index is 0.0203. The third-order valence-electron chi connectivity index (χ3n) is 4.26. The fraction of sp³-hybridized carbons (Fsp3) is 0.714. The molecule has 0 aromatic rings. The first kappa shape index (κ1) is 14.1. The Balaban J connectivity index is 2.05. The molecule has 2 fully saturated rings. The first-order chi connectivity index (χ1) is 8.94. The van der Waals surface area contributed by atoms with Gasteiger partial charge in [0.25, 0.3) is 0 Å². The Hall–Kier alpha value is -1.36. The Bertz CT molecular complexity index is 409. The van der Waals surface area contributed by atoms with Crippen LogP contribution in [0.25, 0.3) is 0 Å². The molecular weight excluding hydrogens is 244 g/mol. The maximum atomic E-state index is 12.3. The second-order valence-electron chi connectivity index (χ2n) is 5.79. The van der Waals surface area contributed by atoms with Crippen molar-refractivity contribution in [2.45, 2.75) is 31.3 Å². The van der Waals surface area contributed by atoms with Crippen LogP contribution < -0.4 is 5.32 Å². The number of hydrogen-bond donors (Lipinski definition) is 1. The fourth-order valence-corrected chi connectivity index (χ4v) is 3.05. The SMILES string of the molecule is C=CC1CC1(NC(=O)C1CC(C)CN1C)C(=O)OC. The molecule has 1 amide bonds. The number of nitrogens with zero attached hydrogens (tertiary/aromatic N) is 1. The summed E-state index contributed by atoms with van der Waals surface area (Å²) in [5, 5.41) is 2.89. The van der Waals surface area contributed by atoms with Crippen molar-refractivity contribution in [1.29, 1.82) is 0 Å². The summed E-state index contributed by atoms with van der Waals surface area (Å²) in [6, 6.07) is -0.150. The van der Waals surface area contributed by atoms with E-state index >= 15 is 0 Å². The van der Waals surface area contributed by atoms with Gasteiger partial charge in [-0.25, -0.2) is 4.79 Å². The van der Waals surface area contributed by atoms with E-state index in [0.29, 0.717) is 12.3 Å². The van der Waals surface area contributed by atoms with Gasteiger partial charge in [0.05, 0.1) is 13.2 Å². The number of rotatable bonds is 4. The summed E-state index contributed by atoms with van der Waals surface area (Å²) in [5.41, 5.74) is -0.875. The molecule has 2 rings (SSSR count). The summed E-state index contributed by atoms with van der Waals surface area (Å²) in [7, 11) is 3.29. The number of likely N-dealkylation sites (tertiary alicyclic amines) is 1. The zero-order valence-electron chi connectivity index (χ0n) is 11.8. The maximum Gasteiger partial charge on any atom is 0.332 e. The van der Waals surface area contributed by atoms with Crippen molar-refractivity contribution in [3.8, 4) is 0 Å². The highest BCUT2D eigenvalue weighted by molar-refractivity contribution is 5.93. The average Bonchev–Trinajstić information content (AvgIpc) is 2.98. The minimum Gasteiger partial charge on any atom is -0.467 e. The van der Waals surface area contributed by atoms with Crippen molar-refractivity contribution in [3.05, 3.63) is 12.7 Å². The van der Waals surface area contributed by atoms with Crippen LogP contribution in [0.4, 0.5) is 0 Å². The van der Waals surface area contributed by atoms with E-state index in [-0.39, 0.29) is 23.8 Å². The monoisotopic (exact) mass is 266 g/mol. The molecule has 0 bridgehead atoms. The van der Waals surface area contributed by atoms with Gasteiger partial charge in [-0.2, -0.15) is 0 Å². The zero-order valence-corrected chi connectivity index (χ0v) is 11.8. The Morgan fingerprint density at radius 2 is 2.21 bits per heavy atom. The van der Waals surface area contributed by atoms with Crippen molar-refractivity contribution >= 4 is 11.9 Å². The summed E-state index contributed by atoms with van der Waals surface area (Å²) in [5.74, 6) is 0.0262. The standard InChI is InChI=1S/C14H22N2O3/c1-5-10-7-14(10,13(18)19-4)15-12(17)11-6-9(2)8-16(11)3/h5,9-11H,1,6-8H2,2-4H3,(H,15,17). The molecule has 0 radical (unpaired) electrons. The van der Waals surface area contributed by atoms with Gasteiger partial charge in [-0.1, -0.05) is 13.0 Å². The van der Waals surface area contributed by atoms with Crippen molar-refractivity contribution in [1.82, 2.24) is 10.2 Å². The highest BCUT2D eigenvalue weighted by Crippen LogP contribution is 2.45. The third kappa shape index (κ3) is 2.39. The summed E-state index contributed by atoms with van der Waals surface area (Å²) >= 11 is 0. The van der Waals surface area contributed by atoms with E-state index in [9.17, 15) is 9.59 Å². The number of esters is 1. The summed E-state index contributed by atoms with van der Waals surface area (Å²) < 4.78 is 4.81. The molecule has 1 aliphatic carbocycles. The van der Waals surface area contributed by atoms with Gasteiger partial charge in [-0.15, -0.1) is 6.58 Å². The molecule has 5 nitrogen and oxygen atoms in total. The summed E-state index contributed by atoms with van der Waals surface area (Å²) in [6.07, 6.45) is 3.12. The van der Waals surface area contributed by atoms with Crippen LogP contribution in [-0.4, -0.2) is 49.1 Å². The molecule has 1 aliphatic heterocycles. The van der Waals surface area contributed by atoms with Crippen LogP contribution in [0.5, 0.6) is 0 Å². The quantitative estimate of drug-likeness (QED) is 0.597. The van der Waals surface area contributed by atoms with Gasteiger partial charge in [0.15, 0.2) is 0 Å². The smallest absolute Gasteiger partial charge is 0.332 e. The number of amides is 1. The molecule has 0 spiro atoms. The zero-order chi connectivity index (χ0) is 14.2. The fourth-order valence-electron chi connectivity index (χ4n) is 3.05. The molecule has 4 atom stereocenters. The Kier molecular flexibility index (Phi) is 3.67. The predicted octanol–water partition coefficient (Wildman–Crippen LogP) is 0.561. The van der Waals surface area contributed by atoms with Gasteiger partial charge in [0.1, 0.15) is 5.54 Å². The van der Waals surface area contributed by atoms with Crippen LogP contribution in [0.15, 0.2) is 12.7 Å². The molecule has 0 aromatic carbocycles. The van der Waals surface area contributed by atoms with E-state index in [1.165, 1.54) is 7.11 Å². The van der Waals surface area contributed by atoms with Crippen LogP contribution in [0.2, 0.25) is 0 Å². The van der Waals surface area contributed by atoms with Crippen molar-refractivity contribution in [2.75, 3.05) is 20.7 Å². The van der Waals surface area contributed by atoms with Gasteiger partial charge < -0.3 is 10.1 Å². The van der Waals surface area contributed by atoms with Gasteiger partial charge >= 0.3 is 5.97 Å². The molecule has 106 valence electrons. The molecule has 1 heterocycles. The van der Waals surface area contributed by atoms with Crippen molar-refractivity contribution in [2.24, 2.45) is 11.8 Å². The van der Waals surface area contributed by atoms with Gasteiger partial charge in [-0.05, 0) is 25.8 Å². The van der Waals surface area contributed by atoms with E-state index in [2.05, 4.69) is 18.8 Å². The van der Waals surface area contributed by atoms with Crippen molar-refractivity contribution < 1.29 is 14.3 Å². The lowest BCUT2D eigenvalue weighted by Crippen LogP contribution is -2.51. The summed E-state index contributed by atoms with van der Waals surface area (Å²) in [4.78, 5) is 26.2. The van der Waals surface area contributed by atoms with Crippen LogP contribution in [0, 0.1) is 11.8 Å². The number of hydrogen-bond acceptors (Lipinski definition) is 4. The number of carbonyl (C=O) groups excluding carboxylic acids is 2. The van der Waals surface area contributed by atoms with E-state index in [0.717, 1.165) is 13.0 Å². The maximum absolute atomic E-state index is 12.3. The van der Waals surface area contributed by atoms with E-state index in [4.69, 9.17) is 4.74 Å². The van der Waals surface area contributed by atoms with E-state index in [1.54, 1.807) is 6.08 Å². The molecule has 2 aliphatic rings.